The number of anilines is 1. The first-order chi connectivity index (χ1) is 11.6. The number of methoxy groups -OCH3 is 1. The van der Waals surface area contributed by atoms with Crippen molar-refractivity contribution in [3.63, 3.8) is 0 Å². The van der Waals surface area contributed by atoms with Gasteiger partial charge in [0.15, 0.2) is 5.82 Å². The Balaban J connectivity index is 1.86. The minimum atomic E-state index is -0.242. The van der Waals surface area contributed by atoms with E-state index < -0.39 is 0 Å². The van der Waals surface area contributed by atoms with Gasteiger partial charge in [-0.05, 0) is 36.8 Å². The van der Waals surface area contributed by atoms with Crippen LogP contribution in [-0.2, 0) is 7.05 Å². The highest BCUT2D eigenvalue weighted by atomic mass is 16.5. The zero-order chi connectivity index (χ0) is 17.1. The van der Waals surface area contributed by atoms with Gasteiger partial charge in [0.1, 0.15) is 23.6 Å². The Bertz CT molecular complexity index is 888. The highest BCUT2D eigenvalue weighted by molar-refractivity contribution is 6.05. The van der Waals surface area contributed by atoms with Crippen molar-refractivity contribution >= 4 is 11.7 Å². The van der Waals surface area contributed by atoms with E-state index in [0.717, 1.165) is 5.56 Å². The van der Waals surface area contributed by atoms with Gasteiger partial charge in [-0.15, -0.1) is 10.2 Å². The Morgan fingerprint density at radius 3 is 2.79 bits per heavy atom. The summed E-state index contributed by atoms with van der Waals surface area (Å²) in [6, 6.07) is 10.7. The maximum absolute atomic E-state index is 12.5. The van der Waals surface area contributed by atoms with Crippen LogP contribution < -0.4 is 10.1 Å². The summed E-state index contributed by atoms with van der Waals surface area (Å²) in [5, 5.41) is 10.7. The third-order valence-electron chi connectivity index (χ3n) is 3.62. The van der Waals surface area contributed by atoms with Crippen molar-refractivity contribution < 1.29 is 9.53 Å². The number of carbonyl (C=O) groups is 1. The molecule has 0 saturated carbocycles. The molecule has 1 N–H and O–H groups in total. The molecule has 3 rings (SSSR count). The predicted molar refractivity (Wildman–Crippen MR) is 89.9 cm³/mol. The smallest absolute Gasteiger partial charge is 0.257 e. The average molecular weight is 323 g/mol. The summed E-state index contributed by atoms with van der Waals surface area (Å²) in [6.45, 7) is 1.87. The first-order valence-corrected chi connectivity index (χ1v) is 7.36. The molecule has 24 heavy (non-hydrogen) atoms. The fraction of sp³-hybridized carbons (Fsp3) is 0.176. The Morgan fingerprint density at radius 1 is 1.25 bits per heavy atom. The second-order valence-electron chi connectivity index (χ2n) is 5.31. The number of amides is 1. The maximum Gasteiger partial charge on any atom is 0.257 e. The second-order valence-corrected chi connectivity index (χ2v) is 5.31. The lowest BCUT2D eigenvalue weighted by Crippen LogP contribution is -2.14. The highest BCUT2D eigenvalue weighted by Crippen LogP contribution is 2.19. The average Bonchev–Trinajstić information content (AvgIpc) is 3.01. The van der Waals surface area contributed by atoms with Crippen LogP contribution in [0.5, 0.6) is 5.75 Å². The van der Waals surface area contributed by atoms with E-state index in [1.807, 2.05) is 38.2 Å². The third-order valence-corrected chi connectivity index (χ3v) is 3.62. The van der Waals surface area contributed by atoms with Gasteiger partial charge in [0.25, 0.3) is 5.91 Å². The van der Waals surface area contributed by atoms with Gasteiger partial charge in [-0.2, -0.15) is 0 Å². The van der Waals surface area contributed by atoms with E-state index in [4.69, 9.17) is 4.74 Å². The van der Waals surface area contributed by atoms with Crippen LogP contribution in [0.15, 0.2) is 42.7 Å². The number of hydrogen-bond acceptors (Lipinski definition) is 5. The summed E-state index contributed by atoms with van der Waals surface area (Å²) in [6.07, 6.45) is 1.60. The second kappa shape index (κ2) is 6.49. The molecule has 2 aromatic heterocycles. The molecule has 0 aliphatic rings. The van der Waals surface area contributed by atoms with Gasteiger partial charge in [-0.3, -0.25) is 4.79 Å². The van der Waals surface area contributed by atoms with Crippen LogP contribution in [-0.4, -0.2) is 32.8 Å². The molecule has 0 spiro atoms. The first-order valence-electron chi connectivity index (χ1n) is 7.36. The van der Waals surface area contributed by atoms with Crippen molar-refractivity contribution in [2.24, 2.45) is 7.05 Å². The molecule has 0 bridgehead atoms. The van der Waals surface area contributed by atoms with Crippen LogP contribution >= 0.6 is 0 Å². The van der Waals surface area contributed by atoms with E-state index in [1.54, 1.807) is 30.1 Å². The van der Waals surface area contributed by atoms with Gasteiger partial charge in [-0.1, -0.05) is 12.1 Å². The van der Waals surface area contributed by atoms with Crippen molar-refractivity contribution in [2.45, 2.75) is 6.92 Å². The molecule has 3 aromatic rings. The van der Waals surface area contributed by atoms with E-state index in [2.05, 4.69) is 20.5 Å². The summed E-state index contributed by atoms with van der Waals surface area (Å²) in [5.41, 5.74) is 2.04. The number of benzene rings is 1. The topological polar surface area (TPSA) is 81.9 Å². The normalized spacial score (nSPS) is 10.5. The van der Waals surface area contributed by atoms with Crippen molar-refractivity contribution in [1.82, 2.24) is 19.7 Å². The van der Waals surface area contributed by atoms with Crippen molar-refractivity contribution in [3.05, 3.63) is 53.9 Å². The Morgan fingerprint density at radius 2 is 2.08 bits per heavy atom. The van der Waals surface area contributed by atoms with Gasteiger partial charge in [-0.25, -0.2) is 4.98 Å². The molecule has 0 radical (unpaired) electrons. The monoisotopic (exact) mass is 323 g/mol. The van der Waals surface area contributed by atoms with Crippen LogP contribution in [0, 0.1) is 6.92 Å². The van der Waals surface area contributed by atoms with E-state index in [0.29, 0.717) is 28.6 Å². The van der Waals surface area contributed by atoms with Crippen LogP contribution in [0.3, 0.4) is 0 Å². The summed E-state index contributed by atoms with van der Waals surface area (Å²) >= 11 is 0. The van der Waals surface area contributed by atoms with Crippen molar-refractivity contribution in [2.75, 3.05) is 12.4 Å². The number of pyridine rings is 1. The molecule has 1 amide bonds. The molecule has 0 aliphatic carbocycles. The quantitative estimate of drug-likeness (QED) is 0.797. The molecule has 2 heterocycles. The summed E-state index contributed by atoms with van der Waals surface area (Å²) in [7, 11) is 3.40. The van der Waals surface area contributed by atoms with Gasteiger partial charge in [0.05, 0.1) is 7.11 Å². The minimum Gasteiger partial charge on any atom is -0.497 e. The van der Waals surface area contributed by atoms with Gasteiger partial charge < -0.3 is 14.6 Å². The Labute approximate surface area is 139 Å². The van der Waals surface area contributed by atoms with E-state index >= 15 is 0 Å². The number of aromatic nitrogens is 4. The summed E-state index contributed by atoms with van der Waals surface area (Å²) < 4.78 is 6.94. The van der Waals surface area contributed by atoms with Gasteiger partial charge in [0.2, 0.25) is 0 Å². The lowest BCUT2D eigenvalue weighted by Gasteiger charge is -2.09. The SMILES string of the molecule is COc1ccc(C)c(C(=O)Nc2cccc(-c3nncn3C)n2)c1. The Kier molecular flexibility index (Phi) is 4.24. The van der Waals surface area contributed by atoms with E-state index in [9.17, 15) is 4.79 Å². The van der Waals surface area contributed by atoms with Crippen molar-refractivity contribution in [3.8, 4) is 17.3 Å². The van der Waals surface area contributed by atoms with Crippen LogP contribution in [0.25, 0.3) is 11.5 Å². The van der Waals surface area contributed by atoms with Crippen LogP contribution in [0.4, 0.5) is 5.82 Å². The number of hydrogen-bond donors (Lipinski definition) is 1. The molecule has 0 unspecified atom stereocenters. The highest BCUT2D eigenvalue weighted by Gasteiger charge is 2.13. The standard InChI is InChI=1S/C17H17N5O2/c1-11-7-8-12(24-3)9-13(11)17(23)20-15-6-4-5-14(19-15)16-21-18-10-22(16)2/h4-10H,1-3H3,(H,19,20,23). The zero-order valence-corrected chi connectivity index (χ0v) is 13.6. The number of carbonyl (C=O) groups excluding carboxylic acids is 1. The van der Waals surface area contributed by atoms with Crippen LogP contribution in [0.1, 0.15) is 15.9 Å². The number of rotatable bonds is 4. The molecule has 7 nitrogen and oxygen atoms in total. The predicted octanol–water partition coefficient (Wildman–Crippen LogP) is 2.45. The molecular weight excluding hydrogens is 306 g/mol. The lowest BCUT2D eigenvalue weighted by molar-refractivity contribution is 0.102. The zero-order valence-electron chi connectivity index (χ0n) is 13.6. The maximum atomic E-state index is 12.5. The number of nitrogens with one attached hydrogen (secondary N) is 1. The van der Waals surface area contributed by atoms with E-state index in [-0.39, 0.29) is 5.91 Å². The molecule has 0 atom stereocenters. The van der Waals surface area contributed by atoms with Crippen LogP contribution in [0.2, 0.25) is 0 Å². The van der Waals surface area contributed by atoms with Crippen molar-refractivity contribution in [1.29, 1.82) is 0 Å². The number of ether oxygens (including phenoxy) is 1. The Hall–Kier alpha value is -3.22. The number of nitrogens with zero attached hydrogens (tertiary/aromatic N) is 4. The fourth-order valence-electron chi connectivity index (χ4n) is 2.30. The minimum absolute atomic E-state index is 0.242. The fourth-order valence-corrected chi connectivity index (χ4v) is 2.30. The summed E-state index contributed by atoms with van der Waals surface area (Å²) in [4.78, 5) is 17.0. The molecular formula is C17H17N5O2. The molecule has 0 aliphatic heterocycles. The molecule has 1 aromatic carbocycles. The van der Waals surface area contributed by atoms with E-state index in [1.165, 1.54) is 0 Å². The molecule has 7 heteroatoms. The largest absolute Gasteiger partial charge is 0.497 e. The van der Waals surface area contributed by atoms with Gasteiger partial charge >= 0.3 is 0 Å². The number of aryl methyl sites for hydroxylation is 2. The van der Waals surface area contributed by atoms with Gasteiger partial charge in [0, 0.05) is 12.6 Å². The molecule has 0 saturated heterocycles. The first kappa shape index (κ1) is 15.7. The lowest BCUT2D eigenvalue weighted by atomic mass is 10.1. The third kappa shape index (κ3) is 3.10. The molecule has 0 fully saturated rings. The summed E-state index contributed by atoms with van der Waals surface area (Å²) in [5.74, 6) is 1.46. The molecule has 122 valence electrons.